The molecule has 4 nitrogen and oxygen atoms in total. The standard InChI is InChI=1S/C11H15BO4/c1-3-8-5-6-9(11(13)16-4-2)10(7-8)12(14)15/h5-7,14-15H,3-4H2,1-2H3. The number of benzene rings is 1. The number of hydrogen-bond donors (Lipinski definition) is 2. The van der Waals surface area contributed by atoms with Gasteiger partial charge in [0.15, 0.2) is 0 Å². The van der Waals surface area contributed by atoms with Gasteiger partial charge in [-0.25, -0.2) is 4.79 Å². The first-order valence-corrected chi connectivity index (χ1v) is 5.26. The molecular formula is C11H15BO4. The summed E-state index contributed by atoms with van der Waals surface area (Å²) < 4.78 is 4.83. The van der Waals surface area contributed by atoms with Crippen molar-refractivity contribution in [3.63, 3.8) is 0 Å². The van der Waals surface area contributed by atoms with Gasteiger partial charge in [-0.15, -0.1) is 0 Å². The summed E-state index contributed by atoms with van der Waals surface area (Å²) in [5.41, 5.74) is 1.34. The van der Waals surface area contributed by atoms with Crippen LogP contribution in [0.15, 0.2) is 18.2 Å². The fourth-order valence-corrected chi connectivity index (χ4v) is 1.44. The van der Waals surface area contributed by atoms with Crippen molar-refractivity contribution in [3.05, 3.63) is 29.3 Å². The molecule has 0 aromatic heterocycles. The van der Waals surface area contributed by atoms with E-state index in [0.717, 1.165) is 12.0 Å². The first-order chi connectivity index (χ1) is 7.60. The van der Waals surface area contributed by atoms with E-state index in [-0.39, 0.29) is 17.6 Å². The van der Waals surface area contributed by atoms with Gasteiger partial charge in [-0.1, -0.05) is 19.1 Å². The van der Waals surface area contributed by atoms with Crippen LogP contribution in [0.3, 0.4) is 0 Å². The zero-order valence-electron chi connectivity index (χ0n) is 9.43. The first-order valence-electron chi connectivity index (χ1n) is 5.26. The maximum absolute atomic E-state index is 11.5. The lowest BCUT2D eigenvalue weighted by Crippen LogP contribution is -2.35. The number of carbonyl (C=O) groups excluding carboxylic acids is 1. The van der Waals surface area contributed by atoms with Crippen molar-refractivity contribution in [1.82, 2.24) is 0 Å². The van der Waals surface area contributed by atoms with E-state index < -0.39 is 13.1 Å². The molecule has 0 saturated carbocycles. The summed E-state index contributed by atoms with van der Waals surface area (Å²) in [6, 6.07) is 4.95. The highest BCUT2D eigenvalue weighted by molar-refractivity contribution is 6.60. The smallest absolute Gasteiger partial charge is 0.462 e. The average Bonchev–Trinajstić information content (AvgIpc) is 2.28. The highest BCUT2D eigenvalue weighted by atomic mass is 16.5. The molecule has 0 unspecified atom stereocenters. The average molecular weight is 222 g/mol. The van der Waals surface area contributed by atoms with Crippen molar-refractivity contribution in [2.45, 2.75) is 20.3 Å². The summed E-state index contributed by atoms with van der Waals surface area (Å²) >= 11 is 0. The zero-order valence-corrected chi connectivity index (χ0v) is 9.43. The van der Waals surface area contributed by atoms with Crippen molar-refractivity contribution < 1.29 is 19.6 Å². The van der Waals surface area contributed by atoms with Crippen LogP contribution in [0, 0.1) is 0 Å². The third-order valence-corrected chi connectivity index (χ3v) is 2.30. The molecule has 0 atom stereocenters. The summed E-state index contributed by atoms with van der Waals surface area (Å²) in [6.07, 6.45) is 0.767. The molecule has 0 radical (unpaired) electrons. The summed E-state index contributed by atoms with van der Waals surface area (Å²) in [6.45, 7) is 3.91. The van der Waals surface area contributed by atoms with E-state index in [1.807, 2.05) is 6.92 Å². The monoisotopic (exact) mass is 222 g/mol. The van der Waals surface area contributed by atoms with Crippen molar-refractivity contribution in [2.75, 3.05) is 6.61 Å². The number of esters is 1. The predicted molar refractivity (Wildman–Crippen MR) is 61.6 cm³/mol. The fourth-order valence-electron chi connectivity index (χ4n) is 1.44. The van der Waals surface area contributed by atoms with Crippen LogP contribution in [0.25, 0.3) is 0 Å². The molecule has 0 amide bonds. The Kier molecular flexibility index (Phi) is 4.52. The van der Waals surface area contributed by atoms with Gasteiger partial charge in [0.1, 0.15) is 0 Å². The third kappa shape index (κ3) is 2.84. The molecule has 0 fully saturated rings. The third-order valence-electron chi connectivity index (χ3n) is 2.30. The van der Waals surface area contributed by atoms with E-state index in [4.69, 9.17) is 4.74 Å². The van der Waals surface area contributed by atoms with E-state index in [2.05, 4.69) is 0 Å². The Bertz CT molecular complexity index is 376. The van der Waals surface area contributed by atoms with E-state index in [0.29, 0.717) is 0 Å². The van der Waals surface area contributed by atoms with Crippen LogP contribution >= 0.6 is 0 Å². The van der Waals surface area contributed by atoms with Gasteiger partial charge in [-0.05, 0) is 30.4 Å². The lowest BCUT2D eigenvalue weighted by Gasteiger charge is -2.09. The van der Waals surface area contributed by atoms with E-state index in [1.165, 1.54) is 0 Å². The number of aryl methyl sites for hydroxylation is 1. The quantitative estimate of drug-likeness (QED) is 0.560. The van der Waals surface area contributed by atoms with Crippen LogP contribution in [0.1, 0.15) is 29.8 Å². The van der Waals surface area contributed by atoms with Gasteiger partial charge in [0.25, 0.3) is 0 Å². The lowest BCUT2D eigenvalue weighted by atomic mass is 9.76. The molecule has 0 spiro atoms. The van der Waals surface area contributed by atoms with Crippen LogP contribution in [0.4, 0.5) is 0 Å². The Morgan fingerprint density at radius 1 is 1.38 bits per heavy atom. The minimum absolute atomic E-state index is 0.192. The topological polar surface area (TPSA) is 66.8 Å². The van der Waals surface area contributed by atoms with E-state index in [1.54, 1.807) is 25.1 Å². The van der Waals surface area contributed by atoms with Crippen LogP contribution in [0.5, 0.6) is 0 Å². The summed E-state index contributed by atoms with van der Waals surface area (Å²) in [5, 5.41) is 18.4. The number of rotatable bonds is 4. The van der Waals surface area contributed by atoms with Gasteiger partial charge in [-0.3, -0.25) is 0 Å². The van der Waals surface area contributed by atoms with E-state index in [9.17, 15) is 14.8 Å². The molecule has 5 heteroatoms. The van der Waals surface area contributed by atoms with Crippen molar-refractivity contribution >= 4 is 18.6 Å². The number of carbonyl (C=O) groups is 1. The molecule has 1 aromatic rings. The SMILES string of the molecule is CCOC(=O)c1ccc(CC)cc1B(O)O. The molecule has 1 rings (SSSR count). The molecule has 1 aromatic carbocycles. The normalized spacial score (nSPS) is 10.0. The molecule has 0 aliphatic heterocycles. The largest absolute Gasteiger partial charge is 0.489 e. The van der Waals surface area contributed by atoms with Crippen LogP contribution < -0.4 is 5.46 Å². The van der Waals surface area contributed by atoms with Gasteiger partial charge in [0.2, 0.25) is 0 Å². The van der Waals surface area contributed by atoms with Crippen molar-refractivity contribution in [1.29, 1.82) is 0 Å². The minimum atomic E-state index is -1.66. The molecule has 0 aliphatic rings. The Balaban J connectivity index is 3.12. The van der Waals surface area contributed by atoms with Gasteiger partial charge >= 0.3 is 13.1 Å². The maximum atomic E-state index is 11.5. The molecule has 0 saturated heterocycles. The van der Waals surface area contributed by atoms with E-state index >= 15 is 0 Å². The van der Waals surface area contributed by atoms with Crippen LogP contribution in [-0.2, 0) is 11.2 Å². The fraction of sp³-hybridized carbons (Fsp3) is 0.364. The second-order valence-corrected chi connectivity index (χ2v) is 3.37. The summed E-state index contributed by atoms with van der Waals surface area (Å²) in [5.74, 6) is -0.534. The summed E-state index contributed by atoms with van der Waals surface area (Å²) in [7, 11) is -1.66. The number of ether oxygens (including phenoxy) is 1. The van der Waals surface area contributed by atoms with Gasteiger partial charge in [0, 0.05) is 0 Å². The van der Waals surface area contributed by atoms with Crippen LogP contribution in [0.2, 0.25) is 0 Å². The molecular weight excluding hydrogens is 207 g/mol. The molecule has 16 heavy (non-hydrogen) atoms. The van der Waals surface area contributed by atoms with Gasteiger partial charge < -0.3 is 14.8 Å². The van der Waals surface area contributed by atoms with Crippen LogP contribution in [-0.4, -0.2) is 29.7 Å². The Hall–Kier alpha value is -1.33. The Morgan fingerprint density at radius 2 is 2.06 bits per heavy atom. The molecule has 86 valence electrons. The minimum Gasteiger partial charge on any atom is -0.462 e. The lowest BCUT2D eigenvalue weighted by molar-refractivity contribution is 0.0527. The highest BCUT2D eigenvalue weighted by Crippen LogP contribution is 2.05. The molecule has 0 aliphatic carbocycles. The molecule has 0 bridgehead atoms. The Morgan fingerprint density at radius 3 is 2.56 bits per heavy atom. The zero-order chi connectivity index (χ0) is 12.1. The molecule has 2 N–H and O–H groups in total. The van der Waals surface area contributed by atoms with Gasteiger partial charge in [-0.2, -0.15) is 0 Å². The Labute approximate surface area is 95.0 Å². The predicted octanol–water partition coefficient (Wildman–Crippen LogP) is 0.106. The van der Waals surface area contributed by atoms with Crippen molar-refractivity contribution in [2.24, 2.45) is 0 Å². The second kappa shape index (κ2) is 5.68. The first kappa shape index (κ1) is 12.7. The summed E-state index contributed by atoms with van der Waals surface area (Å²) in [4.78, 5) is 11.5. The molecule has 0 heterocycles. The highest BCUT2D eigenvalue weighted by Gasteiger charge is 2.21. The van der Waals surface area contributed by atoms with Gasteiger partial charge in [0.05, 0.1) is 12.2 Å². The second-order valence-electron chi connectivity index (χ2n) is 3.37. The number of hydrogen-bond acceptors (Lipinski definition) is 4. The van der Waals surface area contributed by atoms with Crippen molar-refractivity contribution in [3.8, 4) is 0 Å². The maximum Gasteiger partial charge on any atom is 0.489 e.